The fraction of sp³-hybridized carbons (Fsp3) is 0.500. The SMILES string of the molecule is CN1CCC(C(O)CN)c2cccc(Cl)c21. The fourth-order valence-electron chi connectivity index (χ4n) is 2.40. The molecule has 1 aliphatic rings. The van der Waals surface area contributed by atoms with Crippen molar-refractivity contribution in [1.29, 1.82) is 0 Å². The summed E-state index contributed by atoms with van der Waals surface area (Å²) in [6.07, 6.45) is 0.438. The van der Waals surface area contributed by atoms with Crippen LogP contribution in [-0.2, 0) is 0 Å². The fourth-order valence-corrected chi connectivity index (χ4v) is 2.72. The van der Waals surface area contributed by atoms with Crippen LogP contribution in [0, 0.1) is 0 Å². The number of nitrogens with zero attached hydrogens (tertiary/aromatic N) is 1. The Hall–Kier alpha value is -0.770. The number of aliphatic hydroxyl groups excluding tert-OH is 1. The number of hydrogen-bond acceptors (Lipinski definition) is 3. The first-order valence-corrected chi connectivity index (χ1v) is 5.90. The van der Waals surface area contributed by atoms with E-state index in [0.29, 0.717) is 6.54 Å². The number of rotatable bonds is 2. The average molecular weight is 241 g/mol. The predicted octanol–water partition coefficient (Wildman–Crippen LogP) is 1.58. The molecule has 2 unspecified atom stereocenters. The van der Waals surface area contributed by atoms with Crippen molar-refractivity contribution in [3.63, 3.8) is 0 Å². The van der Waals surface area contributed by atoms with Gasteiger partial charge >= 0.3 is 0 Å². The van der Waals surface area contributed by atoms with Crippen molar-refractivity contribution in [2.75, 3.05) is 25.0 Å². The third kappa shape index (κ3) is 1.90. The Morgan fingerprint density at radius 2 is 2.38 bits per heavy atom. The van der Waals surface area contributed by atoms with Crippen LogP contribution >= 0.6 is 11.6 Å². The van der Waals surface area contributed by atoms with Crippen molar-refractivity contribution in [2.24, 2.45) is 5.73 Å². The Kier molecular flexibility index (Phi) is 3.38. The lowest BCUT2D eigenvalue weighted by Crippen LogP contribution is -2.35. The highest BCUT2D eigenvalue weighted by molar-refractivity contribution is 6.33. The molecule has 1 heterocycles. The summed E-state index contributed by atoms with van der Waals surface area (Å²) in [5.74, 6) is 0.106. The summed E-state index contributed by atoms with van der Waals surface area (Å²) in [5.41, 5.74) is 7.68. The summed E-state index contributed by atoms with van der Waals surface area (Å²) in [4.78, 5) is 2.14. The summed E-state index contributed by atoms with van der Waals surface area (Å²) >= 11 is 6.20. The minimum Gasteiger partial charge on any atom is -0.391 e. The second kappa shape index (κ2) is 4.62. The zero-order chi connectivity index (χ0) is 11.7. The highest BCUT2D eigenvalue weighted by Gasteiger charge is 2.29. The number of aliphatic hydroxyl groups is 1. The Balaban J connectivity index is 2.44. The normalized spacial score (nSPS) is 21.8. The minimum absolute atomic E-state index is 0.106. The van der Waals surface area contributed by atoms with Crippen LogP contribution in [0.3, 0.4) is 0 Å². The number of halogens is 1. The van der Waals surface area contributed by atoms with Crippen molar-refractivity contribution >= 4 is 17.3 Å². The average Bonchev–Trinajstić information content (AvgIpc) is 2.28. The summed E-state index contributed by atoms with van der Waals surface area (Å²) in [6.45, 7) is 1.19. The summed E-state index contributed by atoms with van der Waals surface area (Å²) in [6, 6.07) is 5.84. The Bertz CT molecular complexity index is 383. The molecule has 3 nitrogen and oxygen atoms in total. The molecule has 0 aromatic heterocycles. The van der Waals surface area contributed by atoms with Gasteiger partial charge in [-0.3, -0.25) is 0 Å². The summed E-state index contributed by atoms with van der Waals surface area (Å²) in [5, 5.41) is 10.7. The number of fused-ring (bicyclic) bond motifs is 1. The molecule has 0 amide bonds. The van der Waals surface area contributed by atoms with Crippen molar-refractivity contribution in [2.45, 2.75) is 18.4 Å². The van der Waals surface area contributed by atoms with Gasteiger partial charge < -0.3 is 15.7 Å². The molecule has 1 aliphatic heterocycles. The molecule has 2 atom stereocenters. The molecule has 0 fully saturated rings. The first-order valence-electron chi connectivity index (χ1n) is 5.52. The van der Waals surface area contributed by atoms with Crippen LogP contribution in [-0.4, -0.2) is 31.3 Å². The van der Waals surface area contributed by atoms with Crippen LogP contribution in [0.4, 0.5) is 5.69 Å². The molecule has 3 N–H and O–H groups in total. The smallest absolute Gasteiger partial charge is 0.0732 e. The van der Waals surface area contributed by atoms with Crippen molar-refractivity contribution in [3.05, 3.63) is 28.8 Å². The van der Waals surface area contributed by atoms with Gasteiger partial charge in [-0.05, 0) is 18.1 Å². The molecule has 0 saturated heterocycles. The molecule has 88 valence electrons. The lowest BCUT2D eigenvalue weighted by atomic mass is 9.86. The lowest BCUT2D eigenvalue weighted by Gasteiger charge is -2.35. The highest BCUT2D eigenvalue weighted by atomic mass is 35.5. The quantitative estimate of drug-likeness (QED) is 0.825. The van der Waals surface area contributed by atoms with Gasteiger partial charge in [0.25, 0.3) is 0 Å². The molecule has 0 bridgehead atoms. The molecule has 1 aromatic carbocycles. The molecule has 16 heavy (non-hydrogen) atoms. The Morgan fingerprint density at radius 1 is 1.62 bits per heavy atom. The molecule has 0 aliphatic carbocycles. The van der Waals surface area contributed by atoms with Crippen LogP contribution in [0.2, 0.25) is 5.02 Å². The Morgan fingerprint density at radius 3 is 3.06 bits per heavy atom. The van der Waals surface area contributed by atoms with E-state index in [2.05, 4.69) is 4.90 Å². The van der Waals surface area contributed by atoms with Gasteiger partial charge in [0.05, 0.1) is 16.8 Å². The van der Waals surface area contributed by atoms with Crippen LogP contribution in [0.5, 0.6) is 0 Å². The molecule has 2 rings (SSSR count). The van der Waals surface area contributed by atoms with E-state index in [-0.39, 0.29) is 5.92 Å². The number of anilines is 1. The third-order valence-electron chi connectivity index (χ3n) is 3.28. The molecular weight excluding hydrogens is 224 g/mol. The van der Waals surface area contributed by atoms with Gasteiger partial charge in [-0.1, -0.05) is 23.7 Å². The van der Waals surface area contributed by atoms with E-state index < -0.39 is 6.10 Å². The van der Waals surface area contributed by atoms with Gasteiger partial charge in [-0.15, -0.1) is 0 Å². The number of para-hydroxylation sites is 1. The van der Waals surface area contributed by atoms with Crippen molar-refractivity contribution < 1.29 is 5.11 Å². The van der Waals surface area contributed by atoms with E-state index in [1.165, 1.54) is 0 Å². The first kappa shape index (κ1) is 11.7. The van der Waals surface area contributed by atoms with Gasteiger partial charge in [0.2, 0.25) is 0 Å². The minimum atomic E-state index is -0.481. The van der Waals surface area contributed by atoms with E-state index in [1.54, 1.807) is 0 Å². The molecule has 0 radical (unpaired) electrons. The zero-order valence-corrected chi connectivity index (χ0v) is 10.1. The largest absolute Gasteiger partial charge is 0.391 e. The Labute approximate surface area is 101 Å². The summed E-state index contributed by atoms with van der Waals surface area (Å²) in [7, 11) is 2.02. The van der Waals surface area contributed by atoms with Crippen LogP contribution < -0.4 is 10.6 Å². The van der Waals surface area contributed by atoms with Gasteiger partial charge in [0.1, 0.15) is 0 Å². The maximum Gasteiger partial charge on any atom is 0.0732 e. The van der Waals surface area contributed by atoms with Gasteiger partial charge in [-0.2, -0.15) is 0 Å². The number of benzene rings is 1. The predicted molar refractivity (Wildman–Crippen MR) is 67.1 cm³/mol. The lowest BCUT2D eigenvalue weighted by molar-refractivity contribution is 0.145. The standard InChI is InChI=1S/C12H17ClN2O/c1-15-6-5-8(11(16)7-14)9-3-2-4-10(13)12(9)15/h2-4,8,11,16H,5-7,14H2,1H3. The molecule has 0 saturated carbocycles. The van der Waals surface area contributed by atoms with Gasteiger partial charge in [0.15, 0.2) is 0 Å². The van der Waals surface area contributed by atoms with Crippen molar-refractivity contribution in [3.8, 4) is 0 Å². The third-order valence-corrected chi connectivity index (χ3v) is 3.59. The monoisotopic (exact) mass is 240 g/mol. The van der Waals surface area contributed by atoms with E-state index in [4.69, 9.17) is 17.3 Å². The topological polar surface area (TPSA) is 49.5 Å². The van der Waals surface area contributed by atoms with Crippen molar-refractivity contribution in [1.82, 2.24) is 0 Å². The molecule has 1 aromatic rings. The second-order valence-electron chi connectivity index (χ2n) is 4.30. The van der Waals surface area contributed by atoms with Crippen LogP contribution in [0.15, 0.2) is 18.2 Å². The molecule has 4 heteroatoms. The molecular formula is C12H17ClN2O. The van der Waals surface area contributed by atoms with Crippen LogP contribution in [0.1, 0.15) is 17.9 Å². The first-order chi connectivity index (χ1) is 7.65. The van der Waals surface area contributed by atoms with E-state index in [9.17, 15) is 5.11 Å². The van der Waals surface area contributed by atoms with E-state index >= 15 is 0 Å². The molecule has 0 spiro atoms. The number of hydrogen-bond donors (Lipinski definition) is 2. The van der Waals surface area contributed by atoms with Gasteiger partial charge in [0, 0.05) is 26.1 Å². The maximum absolute atomic E-state index is 9.92. The van der Waals surface area contributed by atoms with Gasteiger partial charge in [-0.25, -0.2) is 0 Å². The zero-order valence-electron chi connectivity index (χ0n) is 9.36. The second-order valence-corrected chi connectivity index (χ2v) is 4.70. The van der Waals surface area contributed by atoms with E-state index in [0.717, 1.165) is 29.2 Å². The summed E-state index contributed by atoms with van der Waals surface area (Å²) < 4.78 is 0. The number of nitrogens with two attached hydrogens (primary N) is 1. The highest BCUT2D eigenvalue weighted by Crippen LogP contribution is 2.40. The van der Waals surface area contributed by atoms with E-state index in [1.807, 2.05) is 25.2 Å². The maximum atomic E-state index is 9.92. The van der Waals surface area contributed by atoms with Crippen LogP contribution in [0.25, 0.3) is 0 Å².